The highest BCUT2D eigenvalue weighted by Crippen LogP contribution is 2.23. The van der Waals surface area contributed by atoms with E-state index in [1.54, 1.807) is 13.8 Å². The number of hydrogen-bond donors (Lipinski definition) is 0. The Morgan fingerprint density at radius 3 is 2.11 bits per heavy atom. The molecule has 3 aromatic rings. The van der Waals surface area contributed by atoms with Gasteiger partial charge in [-0.3, -0.25) is 0 Å². The molecule has 6 nitrogen and oxygen atoms in total. The monoisotopic (exact) mass is 490 g/mol. The molecule has 2 atom stereocenters. The number of benzene rings is 2. The van der Waals surface area contributed by atoms with E-state index in [1.807, 2.05) is 36.7 Å². The number of nitrogens with zero attached hydrogens (tertiary/aromatic N) is 2. The zero-order valence-electron chi connectivity index (χ0n) is 21.9. The molecule has 0 aliphatic carbocycles. The van der Waals surface area contributed by atoms with Crippen LogP contribution in [0.4, 0.5) is 0 Å². The predicted octanol–water partition coefficient (Wildman–Crippen LogP) is 6.67. The normalized spacial score (nSPS) is 12.7. The minimum absolute atomic E-state index is 0.259. The van der Waals surface area contributed by atoms with Crippen LogP contribution in [0.25, 0.3) is 22.5 Å². The topological polar surface area (TPSA) is 70.5 Å². The fraction of sp³-hybridized carbons (Fsp3) is 0.433. The molecule has 0 aliphatic heterocycles. The predicted molar refractivity (Wildman–Crippen MR) is 143 cm³/mol. The second-order valence-corrected chi connectivity index (χ2v) is 9.05. The fourth-order valence-electron chi connectivity index (χ4n) is 3.59. The van der Waals surface area contributed by atoms with Crippen molar-refractivity contribution in [3.8, 4) is 28.3 Å². The first kappa shape index (κ1) is 27.3. The standard InChI is InChI=1S/C30H38N2O4/c1-5-7-9-24-10-12-25(13-11-24)27-19-31-29(32-20-27)26-14-16-28(17-15-26)35-21-22(3)36-30(33)23(4)34-18-8-6-2/h10-17,19-20,22-23H,5-9,18,21H2,1-4H3/t22-,23-/m0/s1. The molecule has 0 N–H and O–H groups in total. The number of hydrogen-bond acceptors (Lipinski definition) is 6. The van der Waals surface area contributed by atoms with Crippen LogP contribution in [0.5, 0.6) is 5.75 Å². The Balaban J connectivity index is 1.49. The number of aromatic nitrogens is 2. The van der Waals surface area contributed by atoms with E-state index in [1.165, 1.54) is 18.4 Å². The zero-order valence-corrected chi connectivity index (χ0v) is 21.9. The molecule has 0 saturated carbocycles. The second kappa shape index (κ2) is 14.3. The SMILES string of the molecule is CCCCO[C@@H](C)C(=O)O[C@@H](C)COc1ccc(-c2ncc(-c3ccc(CCCC)cc3)cn2)cc1. The maximum atomic E-state index is 12.1. The summed E-state index contributed by atoms with van der Waals surface area (Å²) in [4.78, 5) is 21.2. The van der Waals surface area contributed by atoms with Gasteiger partial charge in [-0.15, -0.1) is 0 Å². The van der Waals surface area contributed by atoms with Crippen molar-refractivity contribution in [2.75, 3.05) is 13.2 Å². The third-order valence-electron chi connectivity index (χ3n) is 5.87. The van der Waals surface area contributed by atoms with Gasteiger partial charge >= 0.3 is 5.97 Å². The molecule has 0 saturated heterocycles. The minimum Gasteiger partial charge on any atom is -0.490 e. The highest BCUT2D eigenvalue weighted by Gasteiger charge is 2.18. The maximum absolute atomic E-state index is 12.1. The molecule has 0 amide bonds. The molecular formula is C30H38N2O4. The van der Waals surface area contributed by atoms with Gasteiger partial charge in [-0.25, -0.2) is 14.8 Å². The number of ether oxygens (including phenoxy) is 3. The van der Waals surface area contributed by atoms with Gasteiger partial charge in [-0.1, -0.05) is 51.0 Å². The van der Waals surface area contributed by atoms with Crippen molar-refractivity contribution in [3.05, 3.63) is 66.5 Å². The van der Waals surface area contributed by atoms with Crippen molar-refractivity contribution in [1.82, 2.24) is 9.97 Å². The van der Waals surface area contributed by atoms with E-state index in [4.69, 9.17) is 14.2 Å². The van der Waals surface area contributed by atoms with Crippen LogP contribution in [0.3, 0.4) is 0 Å². The molecule has 0 radical (unpaired) electrons. The van der Waals surface area contributed by atoms with Crippen LogP contribution in [0.15, 0.2) is 60.9 Å². The third-order valence-corrected chi connectivity index (χ3v) is 5.87. The smallest absolute Gasteiger partial charge is 0.335 e. The Kier molecular flexibility index (Phi) is 10.9. The number of carbonyl (C=O) groups excluding carboxylic acids is 1. The summed E-state index contributed by atoms with van der Waals surface area (Å²) in [6.07, 6.45) is 8.23. The molecule has 0 aliphatic rings. The Hall–Kier alpha value is -3.25. The molecule has 0 fully saturated rings. The van der Waals surface area contributed by atoms with Gasteiger partial charge in [-0.2, -0.15) is 0 Å². The van der Waals surface area contributed by atoms with E-state index in [2.05, 4.69) is 48.1 Å². The minimum atomic E-state index is -0.574. The molecule has 1 aromatic heterocycles. The molecule has 2 aromatic carbocycles. The lowest BCUT2D eigenvalue weighted by Crippen LogP contribution is -2.30. The van der Waals surface area contributed by atoms with Crippen LogP contribution in [0.2, 0.25) is 0 Å². The van der Waals surface area contributed by atoms with Crippen molar-refractivity contribution in [2.45, 2.75) is 72.0 Å². The van der Waals surface area contributed by atoms with Gasteiger partial charge in [0.15, 0.2) is 11.9 Å². The number of esters is 1. The lowest BCUT2D eigenvalue weighted by molar-refractivity contribution is -0.162. The van der Waals surface area contributed by atoms with Gasteiger partial charge < -0.3 is 14.2 Å². The molecule has 3 rings (SSSR count). The van der Waals surface area contributed by atoms with Crippen molar-refractivity contribution < 1.29 is 19.0 Å². The number of aryl methyl sites for hydroxylation is 1. The summed E-state index contributed by atoms with van der Waals surface area (Å²) in [5, 5.41) is 0. The van der Waals surface area contributed by atoms with Crippen LogP contribution in [0.1, 0.15) is 58.9 Å². The molecular weight excluding hydrogens is 452 g/mol. The average Bonchev–Trinajstić information content (AvgIpc) is 2.91. The Bertz CT molecular complexity index is 1050. The van der Waals surface area contributed by atoms with Gasteiger partial charge in [0, 0.05) is 30.1 Å². The molecule has 0 spiro atoms. The van der Waals surface area contributed by atoms with Crippen LogP contribution >= 0.6 is 0 Å². The first-order chi connectivity index (χ1) is 17.5. The Labute approximate surface area is 215 Å². The van der Waals surface area contributed by atoms with E-state index >= 15 is 0 Å². The van der Waals surface area contributed by atoms with E-state index in [0.29, 0.717) is 18.2 Å². The summed E-state index contributed by atoms with van der Waals surface area (Å²) in [5.41, 5.74) is 4.37. The quantitative estimate of drug-likeness (QED) is 0.186. The first-order valence-corrected chi connectivity index (χ1v) is 13.0. The van der Waals surface area contributed by atoms with Crippen LogP contribution in [-0.4, -0.2) is 41.4 Å². The summed E-state index contributed by atoms with van der Waals surface area (Å²) in [5.74, 6) is 0.975. The van der Waals surface area contributed by atoms with Crippen molar-refractivity contribution in [2.24, 2.45) is 0 Å². The van der Waals surface area contributed by atoms with Crippen molar-refractivity contribution in [3.63, 3.8) is 0 Å². The molecule has 36 heavy (non-hydrogen) atoms. The highest BCUT2D eigenvalue weighted by atomic mass is 16.6. The molecule has 0 unspecified atom stereocenters. The molecule has 192 valence electrons. The van der Waals surface area contributed by atoms with E-state index in [0.717, 1.165) is 36.0 Å². The second-order valence-electron chi connectivity index (χ2n) is 9.05. The zero-order chi connectivity index (χ0) is 25.8. The van der Waals surface area contributed by atoms with E-state index in [-0.39, 0.29) is 18.7 Å². The van der Waals surface area contributed by atoms with Gasteiger partial charge in [-0.05, 0) is 68.5 Å². The van der Waals surface area contributed by atoms with Crippen LogP contribution in [-0.2, 0) is 20.7 Å². The third kappa shape index (κ3) is 8.45. The summed E-state index contributed by atoms with van der Waals surface area (Å²) in [7, 11) is 0. The van der Waals surface area contributed by atoms with Gasteiger partial charge in [0.25, 0.3) is 0 Å². The molecule has 0 bridgehead atoms. The number of unbranched alkanes of at least 4 members (excludes halogenated alkanes) is 2. The molecule has 1 heterocycles. The van der Waals surface area contributed by atoms with Crippen LogP contribution in [0, 0.1) is 0 Å². The summed E-state index contributed by atoms with van der Waals surface area (Å²) >= 11 is 0. The average molecular weight is 491 g/mol. The number of carbonyl (C=O) groups is 1. The maximum Gasteiger partial charge on any atom is 0.335 e. The van der Waals surface area contributed by atoms with Gasteiger partial charge in [0.1, 0.15) is 18.5 Å². The summed E-state index contributed by atoms with van der Waals surface area (Å²) in [6.45, 7) is 8.62. The van der Waals surface area contributed by atoms with E-state index in [9.17, 15) is 4.79 Å². The fourth-order valence-corrected chi connectivity index (χ4v) is 3.59. The summed E-state index contributed by atoms with van der Waals surface area (Å²) in [6, 6.07) is 16.2. The van der Waals surface area contributed by atoms with Crippen LogP contribution < -0.4 is 4.74 Å². The largest absolute Gasteiger partial charge is 0.490 e. The lowest BCUT2D eigenvalue weighted by Gasteiger charge is -2.17. The van der Waals surface area contributed by atoms with E-state index < -0.39 is 6.10 Å². The van der Waals surface area contributed by atoms with Gasteiger partial charge in [0.05, 0.1) is 0 Å². The first-order valence-electron chi connectivity index (χ1n) is 13.0. The van der Waals surface area contributed by atoms with Crippen molar-refractivity contribution in [1.29, 1.82) is 0 Å². The summed E-state index contributed by atoms with van der Waals surface area (Å²) < 4.78 is 16.7. The number of rotatable bonds is 14. The Morgan fingerprint density at radius 2 is 1.47 bits per heavy atom. The lowest BCUT2D eigenvalue weighted by atomic mass is 10.0. The van der Waals surface area contributed by atoms with Crippen molar-refractivity contribution >= 4 is 5.97 Å². The molecule has 6 heteroatoms. The van der Waals surface area contributed by atoms with Gasteiger partial charge in [0.2, 0.25) is 0 Å². The Morgan fingerprint density at radius 1 is 0.833 bits per heavy atom. The highest BCUT2D eigenvalue weighted by molar-refractivity contribution is 5.74.